The standard InChI is InChI=1S/C16H20FNO3/c1-10-5-11(7-13(17)6-10)14(19)12-8-18(9-12)15(20)21-16(2,3)4/h5-7,12H,8-9H2,1-4H3. The minimum Gasteiger partial charge on any atom is -0.444 e. The fraction of sp³-hybridized carbons (Fsp3) is 0.500. The Balaban J connectivity index is 1.95. The number of halogens is 1. The van der Waals surface area contributed by atoms with Crippen molar-refractivity contribution in [2.45, 2.75) is 33.3 Å². The second-order valence-electron chi connectivity index (χ2n) is 6.46. The maximum absolute atomic E-state index is 13.3. The second kappa shape index (κ2) is 5.47. The molecule has 2 rings (SSSR count). The smallest absolute Gasteiger partial charge is 0.410 e. The Morgan fingerprint density at radius 2 is 1.86 bits per heavy atom. The van der Waals surface area contributed by atoms with Gasteiger partial charge in [-0.3, -0.25) is 4.79 Å². The van der Waals surface area contributed by atoms with Crippen molar-refractivity contribution in [3.05, 3.63) is 35.1 Å². The number of Topliss-reactive ketones (excluding diaryl/α,β-unsaturated/α-hetero) is 1. The van der Waals surface area contributed by atoms with Gasteiger partial charge in [0.25, 0.3) is 0 Å². The molecule has 1 aromatic rings. The molecule has 1 aliphatic rings. The summed E-state index contributed by atoms with van der Waals surface area (Å²) in [5, 5.41) is 0. The first-order valence-electron chi connectivity index (χ1n) is 6.95. The Kier molecular flexibility index (Phi) is 4.03. The summed E-state index contributed by atoms with van der Waals surface area (Å²) in [4.78, 5) is 25.5. The van der Waals surface area contributed by atoms with E-state index in [1.54, 1.807) is 33.8 Å². The zero-order valence-corrected chi connectivity index (χ0v) is 12.8. The third-order valence-electron chi connectivity index (χ3n) is 3.23. The molecule has 0 atom stereocenters. The summed E-state index contributed by atoms with van der Waals surface area (Å²) in [7, 11) is 0. The van der Waals surface area contributed by atoms with Crippen molar-refractivity contribution in [1.29, 1.82) is 0 Å². The molecule has 4 nitrogen and oxygen atoms in total. The van der Waals surface area contributed by atoms with Gasteiger partial charge in [0.1, 0.15) is 11.4 Å². The topological polar surface area (TPSA) is 46.6 Å². The molecule has 1 aromatic carbocycles. The summed E-state index contributed by atoms with van der Waals surface area (Å²) in [5.41, 5.74) is 0.522. The Bertz CT molecular complexity index is 551. The Morgan fingerprint density at radius 1 is 1.24 bits per heavy atom. The number of hydrogen-bond acceptors (Lipinski definition) is 3. The Hall–Kier alpha value is -1.91. The molecule has 21 heavy (non-hydrogen) atoms. The summed E-state index contributed by atoms with van der Waals surface area (Å²) in [6.45, 7) is 7.77. The molecule has 1 amide bonds. The van der Waals surface area contributed by atoms with E-state index in [-0.39, 0.29) is 11.7 Å². The third-order valence-corrected chi connectivity index (χ3v) is 3.23. The maximum atomic E-state index is 13.3. The summed E-state index contributed by atoms with van der Waals surface area (Å²) in [6, 6.07) is 4.29. The lowest BCUT2D eigenvalue weighted by Gasteiger charge is -2.38. The van der Waals surface area contributed by atoms with Crippen LogP contribution >= 0.6 is 0 Å². The van der Waals surface area contributed by atoms with E-state index in [0.717, 1.165) is 0 Å². The maximum Gasteiger partial charge on any atom is 0.410 e. The van der Waals surface area contributed by atoms with E-state index in [1.165, 1.54) is 17.0 Å². The first-order chi connectivity index (χ1) is 9.65. The molecule has 0 radical (unpaired) electrons. The zero-order chi connectivity index (χ0) is 15.8. The summed E-state index contributed by atoms with van der Waals surface area (Å²) in [5.74, 6) is -0.821. The van der Waals surface area contributed by atoms with Crippen LogP contribution in [0.2, 0.25) is 0 Å². The lowest BCUT2D eigenvalue weighted by Crippen LogP contribution is -2.54. The zero-order valence-electron chi connectivity index (χ0n) is 12.8. The van der Waals surface area contributed by atoms with Crippen LogP contribution in [0.15, 0.2) is 18.2 Å². The number of benzene rings is 1. The first kappa shape index (κ1) is 15.5. The minimum atomic E-state index is -0.550. The van der Waals surface area contributed by atoms with Gasteiger partial charge in [-0.2, -0.15) is 0 Å². The number of carbonyl (C=O) groups excluding carboxylic acids is 2. The molecule has 0 unspecified atom stereocenters. The Labute approximate surface area is 123 Å². The van der Waals surface area contributed by atoms with Crippen LogP contribution < -0.4 is 0 Å². The molecular weight excluding hydrogens is 273 g/mol. The van der Waals surface area contributed by atoms with E-state index in [1.807, 2.05) is 0 Å². The van der Waals surface area contributed by atoms with Crippen molar-refractivity contribution in [1.82, 2.24) is 4.90 Å². The summed E-state index contributed by atoms with van der Waals surface area (Å²) < 4.78 is 18.6. The van der Waals surface area contributed by atoms with E-state index in [4.69, 9.17) is 4.74 Å². The molecular formula is C16H20FNO3. The molecule has 0 bridgehead atoms. The first-order valence-corrected chi connectivity index (χ1v) is 6.95. The van der Waals surface area contributed by atoms with Gasteiger partial charge in [0.15, 0.2) is 5.78 Å². The average molecular weight is 293 g/mol. The van der Waals surface area contributed by atoms with Crippen LogP contribution in [0.3, 0.4) is 0 Å². The van der Waals surface area contributed by atoms with Crippen molar-refractivity contribution in [2.75, 3.05) is 13.1 Å². The van der Waals surface area contributed by atoms with Gasteiger partial charge >= 0.3 is 6.09 Å². The highest BCUT2D eigenvalue weighted by molar-refractivity contribution is 5.99. The van der Waals surface area contributed by atoms with Crippen molar-refractivity contribution >= 4 is 11.9 Å². The molecule has 0 saturated carbocycles. The van der Waals surface area contributed by atoms with Gasteiger partial charge in [-0.1, -0.05) is 0 Å². The normalized spacial score (nSPS) is 15.6. The van der Waals surface area contributed by atoms with Crippen molar-refractivity contribution in [3.63, 3.8) is 0 Å². The second-order valence-corrected chi connectivity index (χ2v) is 6.46. The number of aryl methyl sites for hydroxylation is 1. The summed E-state index contributed by atoms with van der Waals surface area (Å²) >= 11 is 0. The van der Waals surface area contributed by atoms with E-state index < -0.39 is 17.5 Å². The lowest BCUT2D eigenvalue weighted by atomic mass is 9.90. The van der Waals surface area contributed by atoms with Crippen LogP contribution in [0.5, 0.6) is 0 Å². The number of ketones is 1. The van der Waals surface area contributed by atoms with E-state index in [0.29, 0.717) is 24.2 Å². The van der Waals surface area contributed by atoms with E-state index >= 15 is 0 Å². The molecule has 114 valence electrons. The number of amides is 1. The van der Waals surface area contributed by atoms with Gasteiger partial charge in [0.2, 0.25) is 0 Å². The molecule has 1 fully saturated rings. The number of nitrogens with zero attached hydrogens (tertiary/aromatic N) is 1. The predicted molar refractivity (Wildman–Crippen MR) is 76.8 cm³/mol. The SMILES string of the molecule is Cc1cc(F)cc(C(=O)C2CN(C(=O)OC(C)(C)C)C2)c1. The molecule has 1 aliphatic heterocycles. The molecule has 0 aliphatic carbocycles. The minimum absolute atomic E-state index is 0.127. The van der Waals surface area contributed by atoms with Gasteiger partial charge < -0.3 is 9.64 Å². The number of carbonyl (C=O) groups is 2. The van der Waals surface area contributed by atoms with Crippen LogP contribution in [-0.4, -0.2) is 35.5 Å². The van der Waals surface area contributed by atoms with Crippen LogP contribution in [0, 0.1) is 18.7 Å². The lowest BCUT2D eigenvalue weighted by molar-refractivity contribution is 0.00147. The van der Waals surface area contributed by atoms with E-state index in [2.05, 4.69) is 0 Å². The van der Waals surface area contributed by atoms with Gasteiger partial charge in [0, 0.05) is 18.7 Å². The van der Waals surface area contributed by atoms with Crippen LogP contribution in [0.1, 0.15) is 36.7 Å². The van der Waals surface area contributed by atoms with Gasteiger partial charge in [-0.05, 0) is 51.5 Å². The fourth-order valence-corrected chi connectivity index (χ4v) is 2.23. The van der Waals surface area contributed by atoms with Crippen LogP contribution in [-0.2, 0) is 4.74 Å². The number of likely N-dealkylation sites (tertiary alicyclic amines) is 1. The summed E-state index contributed by atoms with van der Waals surface area (Å²) in [6.07, 6.45) is -0.415. The molecule has 0 N–H and O–H groups in total. The monoisotopic (exact) mass is 293 g/mol. The number of ether oxygens (including phenoxy) is 1. The highest BCUT2D eigenvalue weighted by Crippen LogP contribution is 2.23. The van der Waals surface area contributed by atoms with Crippen LogP contribution in [0.4, 0.5) is 9.18 Å². The van der Waals surface area contributed by atoms with Crippen molar-refractivity contribution < 1.29 is 18.7 Å². The molecule has 5 heteroatoms. The third kappa shape index (κ3) is 3.80. The Morgan fingerprint density at radius 3 is 2.38 bits per heavy atom. The predicted octanol–water partition coefficient (Wildman–Crippen LogP) is 3.18. The highest BCUT2D eigenvalue weighted by Gasteiger charge is 2.38. The largest absolute Gasteiger partial charge is 0.444 e. The van der Waals surface area contributed by atoms with Gasteiger partial charge in [-0.15, -0.1) is 0 Å². The molecule has 1 saturated heterocycles. The van der Waals surface area contributed by atoms with Crippen molar-refractivity contribution in [2.24, 2.45) is 5.92 Å². The van der Waals surface area contributed by atoms with Gasteiger partial charge in [0.05, 0.1) is 5.92 Å². The van der Waals surface area contributed by atoms with Crippen LogP contribution in [0.25, 0.3) is 0 Å². The highest BCUT2D eigenvalue weighted by atomic mass is 19.1. The fourth-order valence-electron chi connectivity index (χ4n) is 2.23. The molecule has 0 spiro atoms. The van der Waals surface area contributed by atoms with Gasteiger partial charge in [-0.25, -0.2) is 9.18 Å². The number of hydrogen-bond donors (Lipinski definition) is 0. The van der Waals surface area contributed by atoms with Crippen molar-refractivity contribution in [3.8, 4) is 0 Å². The quantitative estimate of drug-likeness (QED) is 0.787. The molecule has 1 heterocycles. The number of rotatable bonds is 2. The average Bonchev–Trinajstić information content (AvgIpc) is 2.22. The van der Waals surface area contributed by atoms with E-state index in [9.17, 15) is 14.0 Å². The molecule has 0 aromatic heterocycles.